The standard InChI is InChI=1S/C14H17ClN4O2S/c1-4-12-17-18-14(22)19(12)16-8-9-6-10(15)13(20-3)11(7-9)21-5-2/h6-8H,4-5H2,1-3H3,(H,18,22)/b16-8-. The summed E-state index contributed by atoms with van der Waals surface area (Å²) in [5.74, 6) is 1.84. The number of hydrogen-bond acceptors (Lipinski definition) is 5. The van der Waals surface area contributed by atoms with Crippen LogP contribution >= 0.6 is 23.8 Å². The maximum Gasteiger partial charge on any atom is 0.216 e. The van der Waals surface area contributed by atoms with E-state index in [9.17, 15) is 0 Å². The van der Waals surface area contributed by atoms with E-state index in [1.165, 1.54) is 0 Å². The van der Waals surface area contributed by atoms with Gasteiger partial charge in [-0.1, -0.05) is 18.5 Å². The van der Waals surface area contributed by atoms with E-state index in [0.29, 0.717) is 27.9 Å². The molecule has 118 valence electrons. The quantitative estimate of drug-likeness (QED) is 0.646. The van der Waals surface area contributed by atoms with Crippen LogP contribution in [0.3, 0.4) is 0 Å². The van der Waals surface area contributed by atoms with Crippen molar-refractivity contribution in [2.75, 3.05) is 13.7 Å². The van der Waals surface area contributed by atoms with E-state index in [-0.39, 0.29) is 0 Å². The van der Waals surface area contributed by atoms with Gasteiger partial charge in [-0.2, -0.15) is 14.9 Å². The zero-order chi connectivity index (χ0) is 16.1. The first-order valence-corrected chi connectivity index (χ1v) is 7.60. The summed E-state index contributed by atoms with van der Waals surface area (Å²) in [6.45, 7) is 4.39. The predicted octanol–water partition coefficient (Wildman–Crippen LogP) is 3.45. The Balaban J connectivity index is 2.39. The number of methoxy groups -OCH3 is 1. The minimum atomic E-state index is 0.442. The van der Waals surface area contributed by atoms with E-state index >= 15 is 0 Å². The monoisotopic (exact) mass is 340 g/mol. The molecular weight excluding hydrogens is 324 g/mol. The number of nitrogens with one attached hydrogen (secondary N) is 1. The van der Waals surface area contributed by atoms with Gasteiger partial charge in [0, 0.05) is 6.42 Å². The number of H-pyrrole nitrogens is 1. The lowest BCUT2D eigenvalue weighted by atomic mass is 10.2. The second-order valence-electron chi connectivity index (χ2n) is 4.32. The maximum atomic E-state index is 6.21. The van der Waals surface area contributed by atoms with Gasteiger partial charge in [-0.3, -0.25) is 5.10 Å². The van der Waals surface area contributed by atoms with Crippen molar-refractivity contribution in [1.29, 1.82) is 0 Å². The van der Waals surface area contributed by atoms with Crippen molar-refractivity contribution < 1.29 is 9.47 Å². The Morgan fingerprint density at radius 2 is 2.23 bits per heavy atom. The third-order valence-corrected chi connectivity index (χ3v) is 3.44. The van der Waals surface area contributed by atoms with E-state index in [1.54, 1.807) is 24.1 Å². The van der Waals surface area contributed by atoms with Crippen LogP contribution in [-0.4, -0.2) is 34.8 Å². The molecule has 1 aromatic carbocycles. The summed E-state index contributed by atoms with van der Waals surface area (Å²) < 4.78 is 12.8. The van der Waals surface area contributed by atoms with Gasteiger partial charge >= 0.3 is 0 Å². The molecule has 0 aliphatic carbocycles. The van der Waals surface area contributed by atoms with Crippen LogP contribution < -0.4 is 9.47 Å². The van der Waals surface area contributed by atoms with Crippen molar-refractivity contribution in [2.24, 2.45) is 5.10 Å². The number of aromatic nitrogens is 3. The SMILES string of the molecule is CCOc1cc(/C=N\n2c(CC)n[nH]c2=S)cc(Cl)c1OC. The van der Waals surface area contributed by atoms with Gasteiger partial charge in [0.15, 0.2) is 17.3 Å². The van der Waals surface area contributed by atoms with Crippen LogP contribution in [0.15, 0.2) is 17.2 Å². The van der Waals surface area contributed by atoms with Crippen molar-refractivity contribution in [1.82, 2.24) is 14.9 Å². The molecule has 1 aromatic heterocycles. The van der Waals surface area contributed by atoms with Crippen molar-refractivity contribution >= 4 is 30.0 Å². The molecule has 0 saturated heterocycles. The fourth-order valence-corrected chi connectivity index (χ4v) is 2.41. The van der Waals surface area contributed by atoms with Gasteiger partial charge in [0.2, 0.25) is 4.77 Å². The maximum absolute atomic E-state index is 6.21. The van der Waals surface area contributed by atoms with E-state index in [0.717, 1.165) is 17.8 Å². The molecule has 0 radical (unpaired) electrons. The molecule has 0 aliphatic heterocycles. The minimum Gasteiger partial charge on any atom is -0.491 e. The average Bonchev–Trinajstić information content (AvgIpc) is 2.85. The number of aromatic amines is 1. The average molecular weight is 341 g/mol. The third kappa shape index (κ3) is 3.48. The third-order valence-electron chi connectivity index (χ3n) is 2.89. The Bertz CT molecular complexity index is 739. The molecule has 1 N–H and O–H groups in total. The molecule has 0 bridgehead atoms. The number of ether oxygens (including phenoxy) is 2. The molecule has 8 heteroatoms. The first kappa shape index (κ1) is 16.5. The first-order valence-electron chi connectivity index (χ1n) is 6.81. The van der Waals surface area contributed by atoms with Crippen LogP contribution in [0.2, 0.25) is 5.02 Å². The zero-order valence-electron chi connectivity index (χ0n) is 12.6. The first-order chi connectivity index (χ1) is 10.6. The number of halogens is 1. The summed E-state index contributed by atoms with van der Waals surface area (Å²) in [6.07, 6.45) is 2.37. The largest absolute Gasteiger partial charge is 0.491 e. The zero-order valence-corrected chi connectivity index (χ0v) is 14.2. The van der Waals surface area contributed by atoms with Crippen molar-refractivity contribution in [3.8, 4) is 11.5 Å². The van der Waals surface area contributed by atoms with E-state index in [1.807, 2.05) is 19.9 Å². The highest BCUT2D eigenvalue weighted by atomic mass is 35.5. The summed E-state index contributed by atoms with van der Waals surface area (Å²) in [7, 11) is 1.55. The van der Waals surface area contributed by atoms with Gasteiger partial charge in [0.05, 0.1) is 25.0 Å². The number of hydrogen-bond donors (Lipinski definition) is 1. The summed E-state index contributed by atoms with van der Waals surface area (Å²) in [5.41, 5.74) is 0.777. The van der Waals surface area contributed by atoms with Crippen LogP contribution in [0.5, 0.6) is 11.5 Å². The van der Waals surface area contributed by atoms with Crippen LogP contribution in [0.1, 0.15) is 25.2 Å². The van der Waals surface area contributed by atoms with Gasteiger partial charge in [-0.25, -0.2) is 0 Å². The lowest BCUT2D eigenvalue weighted by molar-refractivity contribution is 0.311. The molecule has 2 aromatic rings. The Morgan fingerprint density at radius 1 is 1.45 bits per heavy atom. The molecule has 6 nitrogen and oxygen atoms in total. The second-order valence-corrected chi connectivity index (χ2v) is 5.12. The minimum absolute atomic E-state index is 0.442. The van der Waals surface area contributed by atoms with Gasteiger partial charge < -0.3 is 9.47 Å². The molecule has 22 heavy (non-hydrogen) atoms. The molecule has 0 aliphatic rings. The lowest BCUT2D eigenvalue weighted by Gasteiger charge is -2.11. The number of benzene rings is 1. The molecule has 0 spiro atoms. The van der Waals surface area contributed by atoms with Gasteiger partial charge in [0.25, 0.3) is 0 Å². The number of nitrogens with zero attached hydrogens (tertiary/aromatic N) is 3. The summed E-state index contributed by atoms with van der Waals surface area (Å²) in [5, 5.41) is 11.6. The summed E-state index contributed by atoms with van der Waals surface area (Å²) >= 11 is 11.4. The van der Waals surface area contributed by atoms with Gasteiger partial charge in [-0.05, 0) is 36.8 Å². The fourth-order valence-electron chi connectivity index (χ4n) is 1.92. The van der Waals surface area contributed by atoms with Crippen LogP contribution in [0, 0.1) is 4.77 Å². The summed E-state index contributed by atoms with van der Waals surface area (Å²) in [6, 6.07) is 3.56. The second kappa shape index (κ2) is 7.42. The Labute approximate surface area is 138 Å². The molecule has 1 heterocycles. The molecule has 0 atom stereocenters. The highest BCUT2D eigenvalue weighted by Gasteiger charge is 2.11. The van der Waals surface area contributed by atoms with E-state index in [4.69, 9.17) is 33.3 Å². The van der Waals surface area contributed by atoms with E-state index in [2.05, 4.69) is 15.3 Å². The molecule has 0 unspecified atom stereocenters. The number of rotatable bonds is 6. The Kier molecular flexibility index (Phi) is 5.57. The normalized spacial score (nSPS) is 11.1. The predicted molar refractivity (Wildman–Crippen MR) is 89.0 cm³/mol. The smallest absolute Gasteiger partial charge is 0.216 e. The molecule has 0 fully saturated rings. The topological polar surface area (TPSA) is 64.4 Å². The van der Waals surface area contributed by atoms with Crippen LogP contribution in [0.25, 0.3) is 0 Å². The molecule has 0 saturated carbocycles. The number of aryl methyl sites for hydroxylation is 1. The van der Waals surface area contributed by atoms with Crippen molar-refractivity contribution in [3.05, 3.63) is 33.3 Å². The van der Waals surface area contributed by atoms with Crippen LogP contribution in [0.4, 0.5) is 0 Å². The van der Waals surface area contributed by atoms with Gasteiger partial charge in [0.1, 0.15) is 0 Å². The Hall–Kier alpha value is -1.86. The van der Waals surface area contributed by atoms with E-state index < -0.39 is 0 Å². The van der Waals surface area contributed by atoms with Crippen molar-refractivity contribution in [2.45, 2.75) is 20.3 Å². The van der Waals surface area contributed by atoms with Gasteiger partial charge in [-0.15, -0.1) is 0 Å². The lowest BCUT2D eigenvalue weighted by Crippen LogP contribution is -1.99. The highest BCUT2D eigenvalue weighted by Crippen LogP contribution is 2.35. The fraction of sp³-hybridized carbons (Fsp3) is 0.357. The van der Waals surface area contributed by atoms with Crippen LogP contribution in [-0.2, 0) is 6.42 Å². The molecule has 0 amide bonds. The highest BCUT2D eigenvalue weighted by molar-refractivity contribution is 7.71. The molecular formula is C14H17ClN4O2S. The van der Waals surface area contributed by atoms with Crippen molar-refractivity contribution in [3.63, 3.8) is 0 Å². The molecule has 2 rings (SSSR count). The summed E-state index contributed by atoms with van der Waals surface area (Å²) in [4.78, 5) is 0. The Morgan fingerprint density at radius 3 is 2.86 bits per heavy atom.